The van der Waals surface area contributed by atoms with E-state index in [-0.39, 0.29) is 22.8 Å². The Bertz CT molecular complexity index is 432. The third-order valence-corrected chi connectivity index (χ3v) is 4.98. The molecule has 1 saturated heterocycles. The Morgan fingerprint density at radius 1 is 1.35 bits per heavy atom. The normalized spacial score (nSPS) is 33.2. The number of likely N-dealkylation sites (N-methyl/N-ethyl adjacent to an activating group) is 1. The van der Waals surface area contributed by atoms with Gasteiger partial charge in [0.2, 0.25) is 11.8 Å². The molecule has 3 N–H and O–H groups in total. The number of rotatable bonds is 3. The van der Waals surface area contributed by atoms with Gasteiger partial charge >= 0.3 is 0 Å². The maximum Gasteiger partial charge on any atom is 0.242 e. The summed E-state index contributed by atoms with van der Waals surface area (Å²) >= 11 is 5.14. The van der Waals surface area contributed by atoms with Gasteiger partial charge in [0.25, 0.3) is 0 Å². The van der Waals surface area contributed by atoms with E-state index in [0.29, 0.717) is 31.7 Å². The van der Waals surface area contributed by atoms with Crippen molar-refractivity contribution in [1.82, 2.24) is 10.2 Å². The fraction of sp³-hybridized carbons (Fsp3) is 0.786. The Balaban J connectivity index is 2.21. The maximum absolute atomic E-state index is 12.9. The first-order valence-corrected chi connectivity index (χ1v) is 7.66. The molecule has 2 amide bonds. The number of carbonyl (C=O) groups excluding carboxylic acids is 2. The van der Waals surface area contributed by atoms with Crippen LogP contribution in [0.5, 0.6) is 0 Å². The van der Waals surface area contributed by atoms with Crippen molar-refractivity contribution in [2.45, 2.75) is 45.1 Å². The quantitative estimate of drug-likeness (QED) is 0.756. The van der Waals surface area contributed by atoms with Crippen molar-refractivity contribution in [2.24, 2.45) is 17.1 Å². The van der Waals surface area contributed by atoms with Gasteiger partial charge < -0.3 is 16.0 Å². The second-order valence-electron chi connectivity index (χ2n) is 6.08. The molecule has 1 unspecified atom stereocenters. The van der Waals surface area contributed by atoms with Gasteiger partial charge in [-0.1, -0.05) is 19.1 Å². The van der Waals surface area contributed by atoms with Gasteiger partial charge in [0.05, 0.1) is 10.4 Å². The number of amides is 2. The Labute approximate surface area is 125 Å². The zero-order valence-corrected chi connectivity index (χ0v) is 13.0. The number of nitrogens with two attached hydrogens (primary N) is 1. The van der Waals surface area contributed by atoms with Crippen LogP contribution in [0.2, 0.25) is 0 Å². The van der Waals surface area contributed by atoms with Crippen LogP contribution in [-0.2, 0) is 9.59 Å². The number of hydrogen-bond acceptors (Lipinski definition) is 3. The fourth-order valence-electron chi connectivity index (χ4n) is 3.50. The standard InChI is InChI=1S/C14H23N3O2S/c1-9-7-14(8-9,12(15)20)13(19)17-6-4-3-5-10(17)11(18)16-2/h9-10H,3-8H2,1-2H3,(H2,15,20)(H,16,18). The molecule has 0 aromatic heterocycles. The van der Waals surface area contributed by atoms with E-state index >= 15 is 0 Å². The van der Waals surface area contributed by atoms with Gasteiger partial charge in [0, 0.05) is 13.6 Å². The third kappa shape index (κ3) is 2.41. The number of nitrogens with zero attached hydrogens (tertiary/aromatic N) is 1. The Kier molecular flexibility index (Phi) is 4.32. The molecule has 2 rings (SSSR count). The van der Waals surface area contributed by atoms with Gasteiger partial charge in [0.15, 0.2) is 0 Å². The molecule has 0 spiro atoms. The second-order valence-corrected chi connectivity index (χ2v) is 6.52. The minimum absolute atomic E-state index is 0.0450. The lowest BCUT2D eigenvalue weighted by Crippen LogP contribution is -2.61. The molecular formula is C14H23N3O2S. The van der Waals surface area contributed by atoms with Crippen molar-refractivity contribution in [3.63, 3.8) is 0 Å². The van der Waals surface area contributed by atoms with Crippen LogP contribution in [0.15, 0.2) is 0 Å². The Morgan fingerprint density at radius 2 is 2.00 bits per heavy atom. The summed E-state index contributed by atoms with van der Waals surface area (Å²) in [6.07, 6.45) is 4.03. The summed E-state index contributed by atoms with van der Waals surface area (Å²) in [6, 6.07) is -0.372. The number of piperidine rings is 1. The van der Waals surface area contributed by atoms with Crippen molar-refractivity contribution in [2.75, 3.05) is 13.6 Å². The summed E-state index contributed by atoms with van der Waals surface area (Å²) in [5.74, 6) is 0.323. The van der Waals surface area contributed by atoms with Gasteiger partial charge in [-0.05, 0) is 38.0 Å². The van der Waals surface area contributed by atoms with E-state index in [1.54, 1.807) is 11.9 Å². The van der Waals surface area contributed by atoms with Crippen LogP contribution in [0.3, 0.4) is 0 Å². The van der Waals surface area contributed by atoms with E-state index in [9.17, 15) is 9.59 Å². The molecule has 0 aromatic rings. The molecule has 0 bridgehead atoms. The van der Waals surface area contributed by atoms with E-state index in [4.69, 9.17) is 18.0 Å². The zero-order valence-electron chi connectivity index (χ0n) is 12.1. The summed E-state index contributed by atoms with van der Waals surface area (Å²) in [7, 11) is 1.61. The van der Waals surface area contributed by atoms with Crippen molar-refractivity contribution in [3.05, 3.63) is 0 Å². The smallest absolute Gasteiger partial charge is 0.242 e. The molecule has 1 atom stereocenters. The van der Waals surface area contributed by atoms with E-state index in [1.165, 1.54) is 0 Å². The molecular weight excluding hydrogens is 274 g/mol. The molecule has 0 aromatic carbocycles. The highest BCUT2D eigenvalue weighted by Gasteiger charge is 2.54. The third-order valence-electron chi connectivity index (χ3n) is 4.59. The molecule has 2 fully saturated rings. The average molecular weight is 297 g/mol. The Morgan fingerprint density at radius 3 is 2.50 bits per heavy atom. The lowest BCUT2D eigenvalue weighted by atomic mass is 9.61. The van der Waals surface area contributed by atoms with Crippen LogP contribution >= 0.6 is 12.2 Å². The van der Waals surface area contributed by atoms with Crippen LogP contribution in [-0.4, -0.2) is 41.3 Å². The first-order valence-electron chi connectivity index (χ1n) is 7.25. The topological polar surface area (TPSA) is 75.4 Å². The highest BCUT2D eigenvalue weighted by molar-refractivity contribution is 7.80. The lowest BCUT2D eigenvalue weighted by molar-refractivity contribution is -0.152. The molecule has 1 saturated carbocycles. The number of hydrogen-bond donors (Lipinski definition) is 2. The van der Waals surface area contributed by atoms with Crippen molar-refractivity contribution in [3.8, 4) is 0 Å². The highest BCUT2D eigenvalue weighted by Crippen LogP contribution is 2.47. The molecule has 0 radical (unpaired) electrons. The number of likely N-dealkylation sites (tertiary alicyclic amines) is 1. The molecule has 6 heteroatoms. The SMILES string of the molecule is CNC(=O)C1CCCCN1C(=O)C1(C(N)=S)CC(C)C1. The van der Waals surface area contributed by atoms with Crippen molar-refractivity contribution < 1.29 is 9.59 Å². The maximum atomic E-state index is 12.9. The first kappa shape index (κ1) is 15.2. The van der Waals surface area contributed by atoms with E-state index in [1.807, 2.05) is 0 Å². The van der Waals surface area contributed by atoms with Crippen molar-refractivity contribution >= 4 is 29.0 Å². The predicted molar refractivity (Wildman–Crippen MR) is 81.0 cm³/mol. The van der Waals surface area contributed by atoms with Crippen LogP contribution < -0.4 is 11.1 Å². The van der Waals surface area contributed by atoms with Crippen LogP contribution in [0.1, 0.15) is 39.0 Å². The molecule has 5 nitrogen and oxygen atoms in total. The zero-order chi connectivity index (χ0) is 14.9. The van der Waals surface area contributed by atoms with Gasteiger partial charge in [0.1, 0.15) is 6.04 Å². The Hall–Kier alpha value is -1.17. The summed E-state index contributed by atoms with van der Waals surface area (Å²) in [6.45, 7) is 2.71. The molecule has 1 heterocycles. The summed E-state index contributed by atoms with van der Waals surface area (Å²) in [5.41, 5.74) is 5.13. The van der Waals surface area contributed by atoms with Gasteiger partial charge in [-0.15, -0.1) is 0 Å². The van der Waals surface area contributed by atoms with E-state index < -0.39 is 5.41 Å². The molecule has 112 valence electrons. The second kappa shape index (κ2) is 5.68. The summed E-state index contributed by atoms with van der Waals surface area (Å²) in [4.78, 5) is 26.9. The minimum atomic E-state index is -0.710. The van der Waals surface area contributed by atoms with Gasteiger partial charge in [-0.2, -0.15) is 0 Å². The molecule has 1 aliphatic carbocycles. The largest absolute Gasteiger partial charge is 0.392 e. The predicted octanol–water partition coefficient (Wildman–Crippen LogP) is 0.816. The average Bonchev–Trinajstić information content (AvgIpc) is 2.41. The summed E-state index contributed by atoms with van der Waals surface area (Å²) < 4.78 is 0. The first-order chi connectivity index (χ1) is 9.42. The molecule has 2 aliphatic rings. The van der Waals surface area contributed by atoms with Gasteiger partial charge in [-0.3, -0.25) is 9.59 Å². The van der Waals surface area contributed by atoms with E-state index in [2.05, 4.69) is 12.2 Å². The molecule has 20 heavy (non-hydrogen) atoms. The number of thiocarbonyl (C=S) groups is 1. The number of carbonyl (C=O) groups is 2. The van der Waals surface area contributed by atoms with Crippen LogP contribution in [0, 0.1) is 11.3 Å². The summed E-state index contributed by atoms with van der Waals surface area (Å²) in [5, 5.41) is 2.65. The minimum Gasteiger partial charge on any atom is -0.392 e. The van der Waals surface area contributed by atoms with Gasteiger partial charge in [-0.25, -0.2) is 0 Å². The molecule has 1 aliphatic heterocycles. The number of nitrogens with one attached hydrogen (secondary N) is 1. The van der Waals surface area contributed by atoms with Crippen LogP contribution in [0.4, 0.5) is 0 Å². The highest BCUT2D eigenvalue weighted by atomic mass is 32.1. The monoisotopic (exact) mass is 297 g/mol. The fourth-order valence-corrected chi connectivity index (χ4v) is 3.75. The lowest BCUT2D eigenvalue weighted by Gasteiger charge is -2.48. The van der Waals surface area contributed by atoms with Crippen molar-refractivity contribution in [1.29, 1.82) is 0 Å². The van der Waals surface area contributed by atoms with E-state index in [0.717, 1.165) is 12.8 Å². The van der Waals surface area contributed by atoms with Crippen LogP contribution in [0.25, 0.3) is 0 Å².